The molecule has 11 heavy (non-hydrogen) atoms. The Hall–Kier alpha value is -0.190. The van der Waals surface area contributed by atoms with Crippen molar-refractivity contribution in [1.82, 2.24) is 5.32 Å². The number of rotatable bonds is 3. The Morgan fingerprint density at radius 3 is 2.64 bits per heavy atom. The molecule has 0 fully saturated rings. The first-order valence-corrected chi connectivity index (χ1v) is 4.56. The van der Waals surface area contributed by atoms with Crippen LogP contribution in [0.1, 0.15) is 6.92 Å². The number of aliphatic hydroxyl groups is 2. The number of aliphatic hydroxyl groups excluding tert-OH is 2. The predicted molar refractivity (Wildman–Crippen MR) is 45.9 cm³/mol. The van der Waals surface area contributed by atoms with Crippen molar-refractivity contribution < 1.29 is 10.2 Å². The maximum absolute atomic E-state index is 8.82. The first-order chi connectivity index (χ1) is 5.27. The Morgan fingerprint density at radius 1 is 1.64 bits per heavy atom. The van der Waals surface area contributed by atoms with E-state index in [4.69, 9.17) is 10.2 Å². The molecule has 0 radical (unpaired) electrons. The molecule has 4 heteroatoms. The molecule has 1 aliphatic rings. The lowest BCUT2D eigenvalue weighted by molar-refractivity contribution is 0.167. The second-order valence-electron chi connectivity index (χ2n) is 2.56. The van der Waals surface area contributed by atoms with Crippen molar-refractivity contribution in [3.8, 4) is 0 Å². The van der Waals surface area contributed by atoms with Crippen molar-refractivity contribution in [1.29, 1.82) is 0 Å². The van der Waals surface area contributed by atoms with Crippen LogP contribution in [0.4, 0.5) is 0 Å². The molecule has 1 heterocycles. The average molecular weight is 175 g/mol. The molecule has 1 unspecified atom stereocenters. The maximum Gasteiger partial charge on any atom is 0.0732 e. The normalized spacial score (nSPS) is 23.6. The SMILES string of the molecule is CC1NC(C(CO)CO)=CS1. The van der Waals surface area contributed by atoms with E-state index in [1.165, 1.54) is 0 Å². The van der Waals surface area contributed by atoms with Crippen molar-refractivity contribution in [2.45, 2.75) is 12.3 Å². The van der Waals surface area contributed by atoms with Gasteiger partial charge in [0, 0.05) is 11.6 Å². The average Bonchev–Trinajstić information content (AvgIpc) is 2.39. The van der Waals surface area contributed by atoms with E-state index in [1.807, 2.05) is 12.3 Å². The third-order valence-electron chi connectivity index (χ3n) is 1.65. The molecule has 0 aromatic carbocycles. The van der Waals surface area contributed by atoms with Gasteiger partial charge in [-0.1, -0.05) is 0 Å². The quantitative estimate of drug-likeness (QED) is 0.570. The predicted octanol–water partition coefficient (Wildman–Crippen LogP) is 0.111. The summed E-state index contributed by atoms with van der Waals surface area (Å²) in [6, 6.07) is 0. The minimum absolute atomic E-state index is 0.00259. The van der Waals surface area contributed by atoms with Crippen molar-refractivity contribution in [2.75, 3.05) is 13.2 Å². The highest BCUT2D eigenvalue weighted by Crippen LogP contribution is 2.24. The minimum Gasteiger partial charge on any atom is -0.396 e. The molecule has 3 nitrogen and oxygen atoms in total. The van der Waals surface area contributed by atoms with Crippen LogP contribution in [0.2, 0.25) is 0 Å². The van der Waals surface area contributed by atoms with Gasteiger partial charge in [-0.2, -0.15) is 0 Å². The van der Waals surface area contributed by atoms with Gasteiger partial charge in [0.2, 0.25) is 0 Å². The van der Waals surface area contributed by atoms with E-state index in [9.17, 15) is 0 Å². The Balaban J connectivity index is 2.46. The van der Waals surface area contributed by atoms with Crippen LogP contribution in [0.25, 0.3) is 0 Å². The molecular formula is C7H13NO2S. The zero-order chi connectivity index (χ0) is 8.27. The summed E-state index contributed by atoms with van der Waals surface area (Å²) >= 11 is 1.67. The summed E-state index contributed by atoms with van der Waals surface area (Å²) in [5, 5.41) is 23.1. The molecule has 0 spiro atoms. The number of thioether (sulfide) groups is 1. The lowest BCUT2D eigenvalue weighted by Gasteiger charge is -2.14. The van der Waals surface area contributed by atoms with Crippen LogP contribution < -0.4 is 5.32 Å². The fraction of sp³-hybridized carbons (Fsp3) is 0.714. The summed E-state index contributed by atoms with van der Waals surface area (Å²) in [7, 11) is 0. The first kappa shape index (κ1) is 8.90. The minimum atomic E-state index is -0.132. The molecule has 1 atom stereocenters. The van der Waals surface area contributed by atoms with Gasteiger partial charge in [-0.25, -0.2) is 0 Å². The van der Waals surface area contributed by atoms with Gasteiger partial charge in [0.25, 0.3) is 0 Å². The Kier molecular flexibility index (Phi) is 3.23. The molecule has 1 aliphatic heterocycles. The highest BCUT2D eigenvalue weighted by molar-refractivity contribution is 8.02. The molecule has 1 rings (SSSR count). The molecule has 3 N–H and O–H groups in total. The van der Waals surface area contributed by atoms with Gasteiger partial charge in [0.15, 0.2) is 0 Å². The van der Waals surface area contributed by atoms with Gasteiger partial charge in [0.1, 0.15) is 0 Å². The molecule has 0 aromatic rings. The fourth-order valence-electron chi connectivity index (χ4n) is 0.947. The molecule has 0 saturated carbocycles. The van der Waals surface area contributed by atoms with E-state index >= 15 is 0 Å². The third-order valence-corrected chi connectivity index (χ3v) is 2.57. The summed E-state index contributed by atoms with van der Waals surface area (Å²) in [6.07, 6.45) is 0. The standard InChI is InChI=1S/C7H13NO2S/c1-5-8-7(4-11-5)6(2-9)3-10/h4-6,8-10H,2-3H2,1H3. The number of nitrogens with one attached hydrogen (secondary N) is 1. The van der Waals surface area contributed by atoms with Gasteiger partial charge < -0.3 is 15.5 Å². The van der Waals surface area contributed by atoms with E-state index < -0.39 is 0 Å². The highest BCUT2D eigenvalue weighted by atomic mass is 32.2. The topological polar surface area (TPSA) is 52.5 Å². The van der Waals surface area contributed by atoms with Crippen molar-refractivity contribution in [3.05, 3.63) is 11.1 Å². The molecule has 0 aliphatic carbocycles. The van der Waals surface area contributed by atoms with Crippen LogP contribution >= 0.6 is 11.8 Å². The van der Waals surface area contributed by atoms with Gasteiger partial charge in [-0.15, -0.1) is 11.8 Å². The number of hydrogen-bond donors (Lipinski definition) is 3. The van der Waals surface area contributed by atoms with Crippen LogP contribution in [0.15, 0.2) is 11.1 Å². The molecule has 0 saturated heterocycles. The summed E-state index contributed by atoms with van der Waals surface area (Å²) in [4.78, 5) is 0. The van der Waals surface area contributed by atoms with Crippen molar-refractivity contribution in [2.24, 2.45) is 5.92 Å². The highest BCUT2D eigenvalue weighted by Gasteiger charge is 2.18. The first-order valence-electron chi connectivity index (χ1n) is 3.61. The summed E-state index contributed by atoms with van der Waals surface area (Å²) < 4.78 is 0. The van der Waals surface area contributed by atoms with Crippen LogP contribution in [0.5, 0.6) is 0 Å². The summed E-state index contributed by atoms with van der Waals surface area (Å²) in [5.41, 5.74) is 0.951. The molecule has 0 aromatic heterocycles. The molecule has 0 bridgehead atoms. The smallest absolute Gasteiger partial charge is 0.0732 e. The van der Waals surface area contributed by atoms with Gasteiger partial charge in [0.05, 0.1) is 18.6 Å². The fourth-order valence-corrected chi connectivity index (χ4v) is 1.76. The van der Waals surface area contributed by atoms with Crippen LogP contribution in [0.3, 0.4) is 0 Å². The van der Waals surface area contributed by atoms with E-state index in [2.05, 4.69) is 5.32 Å². The van der Waals surface area contributed by atoms with Crippen LogP contribution in [-0.2, 0) is 0 Å². The Bertz CT molecular complexity index is 157. The zero-order valence-corrected chi connectivity index (χ0v) is 7.27. The summed E-state index contributed by atoms with van der Waals surface area (Å²) in [6.45, 7) is 2.05. The molecule has 64 valence electrons. The second kappa shape index (κ2) is 3.99. The third kappa shape index (κ3) is 2.12. The van der Waals surface area contributed by atoms with E-state index in [0.29, 0.717) is 5.37 Å². The zero-order valence-electron chi connectivity index (χ0n) is 6.45. The largest absolute Gasteiger partial charge is 0.396 e. The van der Waals surface area contributed by atoms with E-state index in [0.717, 1.165) is 5.70 Å². The van der Waals surface area contributed by atoms with Gasteiger partial charge in [-0.3, -0.25) is 0 Å². The Morgan fingerprint density at radius 2 is 2.27 bits per heavy atom. The van der Waals surface area contributed by atoms with Crippen molar-refractivity contribution >= 4 is 11.8 Å². The lowest BCUT2D eigenvalue weighted by atomic mass is 10.1. The summed E-state index contributed by atoms with van der Waals surface area (Å²) in [5.74, 6) is -0.132. The van der Waals surface area contributed by atoms with Crippen molar-refractivity contribution in [3.63, 3.8) is 0 Å². The molecule has 0 amide bonds. The van der Waals surface area contributed by atoms with E-state index in [-0.39, 0.29) is 19.1 Å². The van der Waals surface area contributed by atoms with Crippen LogP contribution in [0, 0.1) is 5.92 Å². The second-order valence-corrected chi connectivity index (χ2v) is 3.77. The monoisotopic (exact) mass is 175 g/mol. The maximum atomic E-state index is 8.82. The number of hydrogen-bond acceptors (Lipinski definition) is 4. The van der Waals surface area contributed by atoms with Crippen LogP contribution in [-0.4, -0.2) is 28.8 Å². The van der Waals surface area contributed by atoms with Gasteiger partial charge >= 0.3 is 0 Å². The van der Waals surface area contributed by atoms with E-state index in [1.54, 1.807) is 11.8 Å². The lowest BCUT2D eigenvalue weighted by Crippen LogP contribution is -2.25. The molecular weight excluding hydrogens is 162 g/mol. The Labute approximate surface area is 70.5 Å². The van der Waals surface area contributed by atoms with Gasteiger partial charge in [-0.05, 0) is 12.3 Å².